The van der Waals surface area contributed by atoms with Gasteiger partial charge in [0, 0.05) is 18.7 Å². The molecule has 0 aliphatic rings. The van der Waals surface area contributed by atoms with Crippen molar-refractivity contribution < 1.29 is 18.9 Å². The highest BCUT2D eigenvalue weighted by Gasteiger charge is 2.29. The minimum Gasteiger partial charge on any atom is -0.462 e. The fraction of sp³-hybridized carbons (Fsp3) is 0.318. The van der Waals surface area contributed by atoms with Crippen LogP contribution in [0, 0.1) is 6.92 Å². The van der Waals surface area contributed by atoms with Gasteiger partial charge in [-0.3, -0.25) is 4.79 Å². The number of fused-ring (bicyclic) bond motifs is 1. The van der Waals surface area contributed by atoms with E-state index in [1.807, 2.05) is 54.8 Å². The number of amides is 1. The first kappa shape index (κ1) is 19.6. The third kappa shape index (κ3) is 3.63. The lowest BCUT2D eigenvalue weighted by molar-refractivity contribution is -0.675. The van der Waals surface area contributed by atoms with Gasteiger partial charge in [-0.2, -0.15) is 0 Å². The topological polar surface area (TPSA) is 64.2 Å². The first-order valence-corrected chi connectivity index (χ1v) is 9.55. The lowest BCUT2D eigenvalue weighted by Crippen LogP contribution is -2.36. The number of anilines is 1. The smallest absolute Gasteiger partial charge is 0.338 e. The molecule has 0 saturated heterocycles. The van der Waals surface area contributed by atoms with E-state index in [0.717, 1.165) is 29.1 Å². The molecule has 3 aromatic rings. The average Bonchev–Trinajstić information content (AvgIpc) is 2.98. The molecule has 3 rings (SSSR count). The molecule has 1 atom stereocenters. The van der Waals surface area contributed by atoms with Crippen molar-refractivity contribution in [3.05, 3.63) is 59.9 Å². The highest BCUT2D eigenvalue weighted by Crippen LogP contribution is 2.23. The largest absolute Gasteiger partial charge is 0.462 e. The van der Waals surface area contributed by atoms with Gasteiger partial charge in [0.1, 0.15) is 0 Å². The highest BCUT2D eigenvalue weighted by molar-refractivity contribution is 5.96. The van der Waals surface area contributed by atoms with Gasteiger partial charge in [-0.05, 0) is 45.0 Å². The summed E-state index contributed by atoms with van der Waals surface area (Å²) in [4.78, 5) is 25.1. The van der Waals surface area contributed by atoms with Crippen LogP contribution in [0.3, 0.4) is 0 Å². The molecule has 0 spiro atoms. The van der Waals surface area contributed by atoms with E-state index >= 15 is 0 Å². The third-order valence-corrected chi connectivity index (χ3v) is 4.90. The molecular formula is C22H26N3O3+. The van der Waals surface area contributed by atoms with Crippen molar-refractivity contribution in [2.45, 2.75) is 40.3 Å². The number of aryl methyl sites for hydroxylation is 1. The quantitative estimate of drug-likeness (QED) is 0.525. The molecular weight excluding hydrogens is 354 g/mol. The molecule has 0 aliphatic heterocycles. The van der Waals surface area contributed by atoms with E-state index in [4.69, 9.17) is 4.74 Å². The van der Waals surface area contributed by atoms with Gasteiger partial charge in [-0.1, -0.05) is 18.2 Å². The van der Waals surface area contributed by atoms with E-state index in [-0.39, 0.29) is 11.9 Å². The molecule has 1 aromatic heterocycles. The van der Waals surface area contributed by atoms with Crippen LogP contribution in [-0.2, 0) is 16.1 Å². The van der Waals surface area contributed by atoms with Crippen molar-refractivity contribution in [2.75, 3.05) is 11.9 Å². The van der Waals surface area contributed by atoms with Crippen molar-refractivity contribution in [3.63, 3.8) is 0 Å². The summed E-state index contributed by atoms with van der Waals surface area (Å²) in [6, 6.07) is 14.4. The zero-order chi connectivity index (χ0) is 20.3. The summed E-state index contributed by atoms with van der Waals surface area (Å²) in [5.41, 5.74) is 3.05. The van der Waals surface area contributed by atoms with Gasteiger partial charge in [0.25, 0.3) is 11.7 Å². The van der Waals surface area contributed by atoms with Gasteiger partial charge in [0.15, 0.2) is 17.1 Å². The molecule has 1 N–H and O–H groups in total. The molecule has 28 heavy (non-hydrogen) atoms. The van der Waals surface area contributed by atoms with Crippen molar-refractivity contribution in [2.24, 2.45) is 0 Å². The maximum absolute atomic E-state index is 12.9. The Kier molecular flexibility index (Phi) is 5.78. The number of para-hydroxylation sites is 1. The van der Waals surface area contributed by atoms with Crippen LogP contribution in [0.25, 0.3) is 11.0 Å². The Bertz CT molecular complexity index is 1010. The SMILES string of the molecule is CCOC(=O)c1ccc2c(c1)n([C@@H](C)C(=O)Nc1ccccc1)c(C)[n+]2CC. The summed E-state index contributed by atoms with van der Waals surface area (Å²) >= 11 is 0. The van der Waals surface area contributed by atoms with E-state index in [2.05, 4.69) is 16.8 Å². The maximum atomic E-state index is 12.9. The van der Waals surface area contributed by atoms with Crippen LogP contribution in [0.4, 0.5) is 5.69 Å². The molecule has 0 aliphatic carbocycles. The molecule has 0 saturated carbocycles. The lowest BCUT2D eigenvalue weighted by atomic mass is 10.2. The fourth-order valence-corrected chi connectivity index (χ4v) is 3.54. The molecule has 0 unspecified atom stereocenters. The second-order valence-corrected chi connectivity index (χ2v) is 6.62. The summed E-state index contributed by atoms with van der Waals surface area (Å²) in [5.74, 6) is 0.476. The van der Waals surface area contributed by atoms with Crippen molar-refractivity contribution in [1.29, 1.82) is 0 Å². The molecule has 0 fully saturated rings. The standard InChI is InChI=1S/C22H25N3O3/c1-5-24-16(4)25(15(3)21(26)23-18-10-8-7-9-11-18)20-14-17(12-13-19(20)24)22(27)28-6-2/h7-15H,5-6H2,1-4H3/p+1/t15-/m0/s1. The number of hydrogen-bond acceptors (Lipinski definition) is 3. The van der Waals surface area contributed by atoms with Gasteiger partial charge in [0.05, 0.1) is 18.7 Å². The Hall–Kier alpha value is -3.15. The van der Waals surface area contributed by atoms with E-state index in [9.17, 15) is 9.59 Å². The van der Waals surface area contributed by atoms with Crippen molar-refractivity contribution >= 4 is 28.6 Å². The number of nitrogens with one attached hydrogen (secondary N) is 1. The number of aromatic nitrogens is 2. The van der Waals surface area contributed by atoms with Crippen molar-refractivity contribution in [3.8, 4) is 0 Å². The number of imidazole rings is 1. The van der Waals surface area contributed by atoms with Gasteiger partial charge in [0.2, 0.25) is 0 Å². The first-order valence-electron chi connectivity index (χ1n) is 9.55. The normalized spacial score (nSPS) is 12.0. The van der Waals surface area contributed by atoms with Crippen LogP contribution >= 0.6 is 0 Å². The molecule has 2 aromatic carbocycles. The Morgan fingerprint density at radius 2 is 1.86 bits per heavy atom. The zero-order valence-electron chi connectivity index (χ0n) is 16.7. The number of carbonyl (C=O) groups is 2. The van der Waals surface area contributed by atoms with E-state index < -0.39 is 6.04 Å². The third-order valence-electron chi connectivity index (χ3n) is 4.90. The Morgan fingerprint density at radius 1 is 1.14 bits per heavy atom. The number of benzene rings is 2. The molecule has 6 heteroatoms. The summed E-state index contributed by atoms with van der Waals surface area (Å²) in [7, 11) is 0. The molecule has 146 valence electrons. The summed E-state index contributed by atoms with van der Waals surface area (Å²) < 4.78 is 9.24. The van der Waals surface area contributed by atoms with E-state index in [0.29, 0.717) is 12.2 Å². The van der Waals surface area contributed by atoms with Crippen LogP contribution in [0.15, 0.2) is 48.5 Å². The molecule has 0 bridgehead atoms. The minimum absolute atomic E-state index is 0.115. The number of hydrogen-bond donors (Lipinski definition) is 1. The number of ether oxygens (including phenoxy) is 1. The maximum Gasteiger partial charge on any atom is 0.338 e. The Labute approximate surface area is 164 Å². The van der Waals surface area contributed by atoms with E-state index in [1.165, 1.54) is 0 Å². The zero-order valence-corrected chi connectivity index (χ0v) is 16.7. The van der Waals surface area contributed by atoms with Crippen LogP contribution in [-0.4, -0.2) is 23.1 Å². The van der Waals surface area contributed by atoms with Gasteiger partial charge < -0.3 is 10.1 Å². The number of esters is 1. The number of carbonyl (C=O) groups excluding carboxylic acids is 2. The van der Waals surface area contributed by atoms with Crippen molar-refractivity contribution in [1.82, 2.24) is 4.57 Å². The minimum atomic E-state index is -0.451. The second-order valence-electron chi connectivity index (χ2n) is 6.62. The van der Waals surface area contributed by atoms with E-state index in [1.54, 1.807) is 19.1 Å². The summed E-state index contributed by atoms with van der Waals surface area (Å²) in [6.07, 6.45) is 0. The summed E-state index contributed by atoms with van der Waals surface area (Å²) in [6.45, 7) is 8.78. The lowest BCUT2D eigenvalue weighted by Gasteiger charge is -2.12. The van der Waals surface area contributed by atoms with Crippen LogP contribution in [0.2, 0.25) is 0 Å². The van der Waals surface area contributed by atoms with Crippen LogP contribution < -0.4 is 9.88 Å². The molecule has 1 amide bonds. The predicted molar refractivity (Wildman–Crippen MR) is 108 cm³/mol. The fourth-order valence-electron chi connectivity index (χ4n) is 3.54. The Morgan fingerprint density at radius 3 is 2.50 bits per heavy atom. The van der Waals surface area contributed by atoms with Gasteiger partial charge in [-0.15, -0.1) is 0 Å². The number of nitrogens with zero attached hydrogens (tertiary/aromatic N) is 2. The average molecular weight is 380 g/mol. The second kappa shape index (κ2) is 8.25. The molecule has 6 nitrogen and oxygen atoms in total. The number of rotatable bonds is 6. The highest BCUT2D eigenvalue weighted by atomic mass is 16.5. The molecule has 1 heterocycles. The van der Waals surface area contributed by atoms with Gasteiger partial charge >= 0.3 is 5.97 Å². The van der Waals surface area contributed by atoms with Gasteiger partial charge in [-0.25, -0.2) is 13.9 Å². The Balaban J connectivity index is 2.05. The molecule has 0 radical (unpaired) electrons. The predicted octanol–water partition coefficient (Wildman–Crippen LogP) is 3.63. The summed E-state index contributed by atoms with van der Waals surface area (Å²) in [5, 5.41) is 2.96. The first-order chi connectivity index (χ1) is 13.5. The monoisotopic (exact) mass is 380 g/mol. The van der Waals surface area contributed by atoms with Crippen LogP contribution in [0.5, 0.6) is 0 Å². The van der Waals surface area contributed by atoms with Crippen LogP contribution in [0.1, 0.15) is 43.0 Å².